The lowest BCUT2D eigenvalue weighted by molar-refractivity contribution is -0.121. The van der Waals surface area contributed by atoms with Crippen molar-refractivity contribution >= 4 is 46.0 Å². The molecule has 0 bridgehead atoms. The highest BCUT2D eigenvalue weighted by atomic mass is 35.5. The second-order valence-corrected chi connectivity index (χ2v) is 7.18. The van der Waals surface area contributed by atoms with Crippen LogP contribution < -0.4 is 5.32 Å². The number of rotatable bonds is 3. The van der Waals surface area contributed by atoms with Crippen LogP contribution in [0, 0.1) is 6.92 Å². The summed E-state index contributed by atoms with van der Waals surface area (Å²) in [5.41, 5.74) is 1.47. The Morgan fingerprint density at radius 1 is 1.46 bits per heavy atom. The van der Waals surface area contributed by atoms with Crippen molar-refractivity contribution < 1.29 is 14.3 Å². The SMILES string of the molecule is Cc1c(Cl)cccc1NC(=O)CC1SC(N2CCOCC2)=NC1=O. The first-order valence-corrected chi connectivity index (χ1v) is 8.97. The van der Waals surface area contributed by atoms with Crippen LogP contribution in [0.25, 0.3) is 0 Å². The summed E-state index contributed by atoms with van der Waals surface area (Å²) in [6, 6.07) is 5.34. The molecule has 0 saturated carbocycles. The summed E-state index contributed by atoms with van der Waals surface area (Å²) in [5, 5.41) is 3.64. The van der Waals surface area contributed by atoms with Crippen LogP contribution in [0.15, 0.2) is 23.2 Å². The second kappa shape index (κ2) is 7.55. The number of amidine groups is 1. The Hall–Kier alpha value is -1.57. The zero-order chi connectivity index (χ0) is 17.1. The van der Waals surface area contributed by atoms with Crippen molar-refractivity contribution in [3.05, 3.63) is 28.8 Å². The molecule has 1 aromatic carbocycles. The summed E-state index contributed by atoms with van der Waals surface area (Å²) >= 11 is 7.41. The predicted octanol–water partition coefficient (Wildman–Crippen LogP) is 2.31. The molecule has 2 heterocycles. The number of hydrogen-bond acceptors (Lipinski definition) is 5. The molecule has 2 aliphatic rings. The van der Waals surface area contributed by atoms with E-state index in [0.717, 1.165) is 18.7 Å². The van der Waals surface area contributed by atoms with Gasteiger partial charge in [-0.1, -0.05) is 29.4 Å². The highest BCUT2D eigenvalue weighted by Crippen LogP contribution is 2.29. The summed E-state index contributed by atoms with van der Waals surface area (Å²) in [4.78, 5) is 30.5. The highest BCUT2D eigenvalue weighted by molar-refractivity contribution is 8.15. The number of aliphatic imine (C=N–C) groups is 1. The average molecular weight is 368 g/mol. The Morgan fingerprint density at radius 3 is 2.96 bits per heavy atom. The first-order chi connectivity index (χ1) is 11.5. The fraction of sp³-hybridized carbons (Fsp3) is 0.438. The largest absolute Gasteiger partial charge is 0.378 e. The van der Waals surface area contributed by atoms with Crippen LogP contribution >= 0.6 is 23.4 Å². The number of nitrogens with zero attached hydrogens (tertiary/aromatic N) is 2. The molecule has 1 atom stereocenters. The maximum atomic E-state index is 12.3. The summed E-state index contributed by atoms with van der Waals surface area (Å²) < 4.78 is 5.30. The number of benzene rings is 1. The molecule has 0 aromatic heterocycles. The Labute approximate surface area is 149 Å². The topological polar surface area (TPSA) is 71.0 Å². The molecule has 2 amide bonds. The van der Waals surface area contributed by atoms with Crippen LogP contribution in [-0.4, -0.2) is 53.4 Å². The highest BCUT2D eigenvalue weighted by Gasteiger charge is 2.33. The normalized spacial score (nSPS) is 20.9. The van der Waals surface area contributed by atoms with Crippen LogP contribution in [-0.2, 0) is 14.3 Å². The van der Waals surface area contributed by atoms with Crippen molar-refractivity contribution in [1.29, 1.82) is 0 Å². The minimum absolute atomic E-state index is 0.0901. The third kappa shape index (κ3) is 3.91. The number of amides is 2. The maximum absolute atomic E-state index is 12.3. The molecule has 1 aromatic rings. The lowest BCUT2D eigenvalue weighted by Crippen LogP contribution is -2.39. The average Bonchev–Trinajstić information content (AvgIpc) is 2.93. The monoisotopic (exact) mass is 367 g/mol. The molecule has 8 heteroatoms. The van der Waals surface area contributed by atoms with Gasteiger partial charge in [-0.3, -0.25) is 9.59 Å². The van der Waals surface area contributed by atoms with E-state index in [1.165, 1.54) is 11.8 Å². The van der Waals surface area contributed by atoms with Crippen LogP contribution in [0.3, 0.4) is 0 Å². The minimum Gasteiger partial charge on any atom is -0.378 e. The Morgan fingerprint density at radius 2 is 2.21 bits per heavy atom. The van der Waals surface area contributed by atoms with E-state index in [-0.39, 0.29) is 18.2 Å². The molecule has 3 rings (SSSR count). The second-order valence-electron chi connectivity index (χ2n) is 5.60. The van der Waals surface area contributed by atoms with Gasteiger partial charge in [0.15, 0.2) is 5.17 Å². The number of halogens is 1. The zero-order valence-electron chi connectivity index (χ0n) is 13.3. The van der Waals surface area contributed by atoms with Gasteiger partial charge < -0.3 is 15.0 Å². The molecule has 6 nitrogen and oxygen atoms in total. The van der Waals surface area contributed by atoms with Gasteiger partial charge in [0, 0.05) is 30.2 Å². The van der Waals surface area contributed by atoms with E-state index in [2.05, 4.69) is 10.3 Å². The molecule has 1 N–H and O–H groups in total. The van der Waals surface area contributed by atoms with Crippen molar-refractivity contribution in [2.75, 3.05) is 31.6 Å². The van der Waals surface area contributed by atoms with Crippen LogP contribution in [0.4, 0.5) is 5.69 Å². The van der Waals surface area contributed by atoms with Gasteiger partial charge in [0.1, 0.15) is 5.25 Å². The number of nitrogens with one attached hydrogen (secondary N) is 1. The molecule has 0 aliphatic carbocycles. The Kier molecular flexibility index (Phi) is 5.43. The molecule has 1 fully saturated rings. The van der Waals surface area contributed by atoms with E-state index >= 15 is 0 Å². The molecule has 0 spiro atoms. The fourth-order valence-corrected chi connectivity index (χ4v) is 3.80. The minimum atomic E-state index is -0.470. The summed E-state index contributed by atoms with van der Waals surface area (Å²) in [7, 11) is 0. The number of hydrogen-bond donors (Lipinski definition) is 1. The number of carbonyl (C=O) groups excluding carboxylic acids is 2. The quantitative estimate of drug-likeness (QED) is 0.887. The van der Waals surface area contributed by atoms with E-state index in [0.29, 0.717) is 29.1 Å². The summed E-state index contributed by atoms with van der Waals surface area (Å²) in [5.74, 6) is -0.468. The van der Waals surface area contributed by atoms with Gasteiger partial charge in [-0.05, 0) is 24.6 Å². The standard InChI is InChI=1S/C16H18ClN3O3S/c1-10-11(17)3-2-4-12(10)18-14(21)9-13-15(22)19-16(24-13)20-5-7-23-8-6-20/h2-4,13H,5-9H2,1H3,(H,18,21). The summed E-state index contributed by atoms with van der Waals surface area (Å²) in [6.07, 6.45) is 0.0901. The first kappa shape index (κ1) is 17.3. The van der Waals surface area contributed by atoms with E-state index in [9.17, 15) is 9.59 Å². The van der Waals surface area contributed by atoms with E-state index in [1.807, 2.05) is 11.8 Å². The molecular weight excluding hydrogens is 350 g/mol. The smallest absolute Gasteiger partial charge is 0.262 e. The third-order valence-electron chi connectivity index (χ3n) is 3.92. The first-order valence-electron chi connectivity index (χ1n) is 7.71. The van der Waals surface area contributed by atoms with Gasteiger partial charge in [-0.2, -0.15) is 4.99 Å². The van der Waals surface area contributed by atoms with Crippen LogP contribution in [0.5, 0.6) is 0 Å². The third-order valence-corrected chi connectivity index (χ3v) is 5.55. The van der Waals surface area contributed by atoms with Crippen molar-refractivity contribution in [1.82, 2.24) is 4.90 Å². The van der Waals surface area contributed by atoms with Crippen molar-refractivity contribution in [3.8, 4) is 0 Å². The molecule has 2 aliphatic heterocycles. The predicted molar refractivity (Wildman–Crippen MR) is 95.6 cm³/mol. The van der Waals surface area contributed by atoms with E-state index in [4.69, 9.17) is 16.3 Å². The number of carbonyl (C=O) groups is 2. The molecule has 128 valence electrons. The van der Waals surface area contributed by atoms with Gasteiger partial charge >= 0.3 is 0 Å². The molecule has 24 heavy (non-hydrogen) atoms. The number of anilines is 1. The van der Waals surface area contributed by atoms with Crippen LogP contribution in [0.2, 0.25) is 5.02 Å². The lowest BCUT2D eigenvalue weighted by Gasteiger charge is -2.27. The van der Waals surface area contributed by atoms with E-state index < -0.39 is 5.25 Å². The van der Waals surface area contributed by atoms with E-state index in [1.54, 1.807) is 18.2 Å². The van der Waals surface area contributed by atoms with Gasteiger partial charge in [-0.25, -0.2) is 0 Å². The van der Waals surface area contributed by atoms with Crippen molar-refractivity contribution in [2.24, 2.45) is 4.99 Å². The molecule has 1 unspecified atom stereocenters. The Bertz CT molecular complexity index is 689. The number of ether oxygens (including phenoxy) is 1. The van der Waals surface area contributed by atoms with Gasteiger partial charge in [-0.15, -0.1) is 0 Å². The zero-order valence-corrected chi connectivity index (χ0v) is 14.8. The fourth-order valence-electron chi connectivity index (χ4n) is 2.51. The lowest BCUT2D eigenvalue weighted by atomic mass is 10.2. The number of morpholine rings is 1. The number of thioether (sulfide) groups is 1. The van der Waals surface area contributed by atoms with Gasteiger partial charge in [0.25, 0.3) is 5.91 Å². The van der Waals surface area contributed by atoms with Gasteiger partial charge in [0.05, 0.1) is 13.2 Å². The molecule has 0 radical (unpaired) electrons. The van der Waals surface area contributed by atoms with Crippen LogP contribution in [0.1, 0.15) is 12.0 Å². The molecular formula is C16H18ClN3O3S. The van der Waals surface area contributed by atoms with Crippen molar-refractivity contribution in [2.45, 2.75) is 18.6 Å². The van der Waals surface area contributed by atoms with Crippen molar-refractivity contribution in [3.63, 3.8) is 0 Å². The maximum Gasteiger partial charge on any atom is 0.262 e. The summed E-state index contributed by atoms with van der Waals surface area (Å²) in [6.45, 7) is 4.55. The van der Waals surface area contributed by atoms with Gasteiger partial charge in [0.2, 0.25) is 5.91 Å². The molecule has 1 saturated heterocycles. The Balaban J connectivity index is 1.57.